The van der Waals surface area contributed by atoms with E-state index in [0.717, 1.165) is 0 Å². The van der Waals surface area contributed by atoms with E-state index in [9.17, 15) is 14.7 Å². The van der Waals surface area contributed by atoms with Crippen molar-refractivity contribution in [3.05, 3.63) is 0 Å². The molecule has 0 saturated carbocycles. The summed E-state index contributed by atoms with van der Waals surface area (Å²) in [6, 6.07) is -0.159. The summed E-state index contributed by atoms with van der Waals surface area (Å²) in [6.07, 6.45) is 0.985. The molecule has 0 radical (unpaired) electrons. The lowest BCUT2D eigenvalue weighted by molar-refractivity contribution is -0.150. The molecule has 0 aromatic carbocycles. The van der Waals surface area contributed by atoms with Gasteiger partial charge in [0.2, 0.25) is 0 Å². The summed E-state index contributed by atoms with van der Waals surface area (Å²) in [5.41, 5.74) is -0.708. The van der Waals surface area contributed by atoms with Crippen molar-refractivity contribution in [2.75, 3.05) is 26.8 Å². The van der Waals surface area contributed by atoms with Gasteiger partial charge < -0.3 is 20.1 Å². The molecule has 116 valence electrons. The number of carbonyl (C=O) groups is 2. The van der Waals surface area contributed by atoms with Gasteiger partial charge in [-0.2, -0.15) is 0 Å². The SMILES string of the molecule is COCC(NC(=O)N1CCC(C)(C(=O)O)CC1)C(C)C. The number of likely N-dealkylation sites (tertiary alicyclic amines) is 1. The molecule has 1 fully saturated rings. The molecule has 0 aromatic rings. The molecule has 6 nitrogen and oxygen atoms in total. The van der Waals surface area contributed by atoms with Crippen LogP contribution in [-0.2, 0) is 9.53 Å². The zero-order chi connectivity index (χ0) is 15.3. The fraction of sp³-hybridized carbons (Fsp3) is 0.857. The second kappa shape index (κ2) is 6.92. The molecule has 6 heteroatoms. The molecule has 2 amide bonds. The molecule has 1 heterocycles. The standard InChI is InChI=1S/C14H26N2O4/c1-10(2)11(9-20-4)15-13(19)16-7-5-14(3,6-8-16)12(17)18/h10-11H,5-9H2,1-4H3,(H,15,19)(H,17,18). The fourth-order valence-corrected chi connectivity index (χ4v) is 2.25. The van der Waals surface area contributed by atoms with E-state index in [4.69, 9.17) is 4.74 Å². The van der Waals surface area contributed by atoms with Crippen LogP contribution >= 0.6 is 0 Å². The van der Waals surface area contributed by atoms with Gasteiger partial charge in [-0.25, -0.2) is 4.79 Å². The second-order valence-electron chi connectivity index (χ2n) is 6.11. The van der Waals surface area contributed by atoms with Crippen molar-refractivity contribution in [2.24, 2.45) is 11.3 Å². The van der Waals surface area contributed by atoms with Crippen molar-refractivity contribution in [1.82, 2.24) is 10.2 Å². The van der Waals surface area contributed by atoms with Crippen LogP contribution in [0, 0.1) is 11.3 Å². The summed E-state index contributed by atoms with van der Waals surface area (Å²) in [4.78, 5) is 25.0. The number of rotatable bonds is 5. The first kappa shape index (κ1) is 16.8. The number of carboxylic acids is 1. The Labute approximate surface area is 120 Å². The molecule has 20 heavy (non-hydrogen) atoms. The van der Waals surface area contributed by atoms with E-state index >= 15 is 0 Å². The molecule has 1 rings (SSSR count). The normalized spacial score (nSPS) is 19.8. The molecule has 1 saturated heterocycles. The molecule has 0 aliphatic carbocycles. The largest absolute Gasteiger partial charge is 0.481 e. The van der Waals surface area contributed by atoms with Crippen molar-refractivity contribution >= 4 is 12.0 Å². The maximum Gasteiger partial charge on any atom is 0.317 e. The van der Waals surface area contributed by atoms with Gasteiger partial charge in [0.25, 0.3) is 0 Å². The summed E-state index contributed by atoms with van der Waals surface area (Å²) in [5.74, 6) is -0.495. The number of aliphatic carboxylic acids is 1. The van der Waals surface area contributed by atoms with E-state index in [1.807, 2.05) is 13.8 Å². The fourth-order valence-electron chi connectivity index (χ4n) is 2.25. The Morgan fingerprint density at radius 3 is 2.30 bits per heavy atom. The molecular formula is C14H26N2O4. The van der Waals surface area contributed by atoms with E-state index in [1.165, 1.54) is 0 Å². The van der Waals surface area contributed by atoms with Gasteiger partial charge in [-0.15, -0.1) is 0 Å². The Hall–Kier alpha value is -1.30. The Bertz CT molecular complexity index is 349. The zero-order valence-electron chi connectivity index (χ0n) is 12.8. The highest BCUT2D eigenvalue weighted by Gasteiger charge is 2.38. The lowest BCUT2D eigenvalue weighted by atomic mass is 9.80. The van der Waals surface area contributed by atoms with Gasteiger partial charge in [-0.3, -0.25) is 4.79 Å². The highest BCUT2D eigenvalue weighted by Crippen LogP contribution is 2.31. The lowest BCUT2D eigenvalue weighted by Gasteiger charge is -2.37. The number of urea groups is 1. The molecule has 1 atom stereocenters. The summed E-state index contributed by atoms with van der Waals surface area (Å²) in [5, 5.41) is 12.1. The van der Waals surface area contributed by atoms with E-state index < -0.39 is 11.4 Å². The topological polar surface area (TPSA) is 78.9 Å². The summed E-state index contributed by atoms with van der Waals surface area (Å²) in [7, 11) is 1.61. The van der Waals surface area contributed by atoms with Gasteiger partial charge in [-0.05, 0) is 25.7 Å². The molecule has 1 unspecified atom stereocenters. The number of methoxy groups -OCH3 is 1. The van der Waals surface area contributed by atoms with Crippen LogP contribution < -0.4 is 5.32 Å². The van der Waals surface area contributed by atoms with Gasteiger partial charge in [0.1, 0.15) is 0 Å². The van der Waals surface area contributed by atoms with Crippen LogP contribution in [0.3, 0.4) is 0 Å². The maximum absolute atomic E-state index is 12.2. The number of nitrogens with zero attached hydrogens (tertiary/aromatic N) is 1. The number of ether oxygens (including phenoxy) is 1. The van der Waals surface area contributed by atoms with Crippen molar-refractivity contribution in [1.29, 1.82) is 0 Å². The Morgan fingerprint density at radius 2 is 1.90 bits per heavy atom. The average molecular weight is 286 g/mol. The van der Waals surface area contributed by atoms with E-state index in [-0.39, 0.29) is 18.0 Å². The number of carbonyl (C=O) groups excluding carboxylic acids is 1. The number of nitrogens with one attached hydrogen (secondary N) is 1. The van der Waals surface area contributed by atoms with Gasteiger partial charge >= 0.3 is 12.0 Å². The van der Waals surface area contributed by atoms with Gasteiger partial charge in [0.05, 0.1) is 18.1 Å². The van der Waals surface area contributed by atoms with E-state index in [1.54, 1.807) is 18.9 Å². The van der Waals surface area contributed by atoms with Crippen LogP contribution in [0.25, 0.3) is 0 Å². The molecule has 0 bridgehead atoms. The van der Waals surface area contributed by atoms with Crippen LogP contribution in [0.4, 0.5) is 4.79 Å². The lowest BCUT2D eigenvalue weighted by Crippen LogP contribution is -2.52. The third-order valence-corrected chi connectivity index (χ3v) is 4.13. The monoisotopic (exact) mass is 286 g/mol. The molecule has 0 spiro atoms. The average Bonchev–Trinajstić information content (AvgIpc) is 2.38. The minimum atomic E-state index is -0.781. The molecule has 1 aliphatic heterocycles. The predicted molar refractivity (Wildman–Crippen MR) is 75.6 cm³/mol. The molecule has 1 aliphatic rings. The second-order valence-corrected chi connectivity index (χ2v) is 6.11. The molecule has 2 N–H and O–H groups in total. The van der Waals surface area contributed by atoms with Gasteiger partial charge in [0.15, 0.2) is 0 Å². The quantitative estimate of drug-likeness (QED) is 0.804. The first-order valence-electron chi connectivity index (χ1n) is 7.08. The van der Waals surface area contributed by atoms with Crippen LogP contribution in [0.1, 0.15) is 33.6 Å². The van der Waals surface area contributed by atoms with Crippen LogP contribution in [-0.4, -0.2) is 54.9 Å². The number of hydrogen-bond donors (Lipinski definition) is 2. The van der Waals surface area contributed by atoms with E-state index in [0.29, 0.717) is 32.5 Å². The first-order valence-corrected chi connectivity index (χ1v) is 7.08. The number of carboxylic acid groups (broad SMARTS) is 1. The number of amides is 2. The van der Waals surface area contributed by atoms with Crippen LogP contribution in [0.5, 0.6) is 0 Å². The minimum Gasteiger partial charge on any atom is -0.481 e. The Morgan fingerprint density at radius 1 is 1.35 bits per heavy atom. The molecule has 0 aromatic heterocycles. The molecular weight excluding hydrogens is 260 g/mol. The smallest absolute Gasteiger partial charge is 0.317 e. The number of hydrogen-bond acceptors (Lipinski definition) is 3. The first-order chi connectivity index (χ1) is 9.30. The third kappa shape index (κ3) is 4.10. The zero-order valence-corrected chi connectivity index (χ0v) is 12.8. The Kier molecular flexibility index (Phi) is 5.80. The minimum absolute atomic E-state index is 0.0275. The van der Waals surface area contributed by atoms with Gasteiger partial charge in [-0.1, -0.05) is 13.8 Å². The van der Waals surface area contributed by atoms with Gasteiger partial charge in [0, 0.05) is 20.2 Å². The summed E-state index contributed by atoms with van der Waals surface area (Å²) < 4.78 is 5.11. The summed E-state index contributed by atoms with van der Waals surface area (Å²) in [6.45, 7) is 7.23. The van der Waals surface area contributed by atoms with Crippen molar-refractivity contribution in [3.8, 4) is 0 Å². The highest BCUT2D eigenvalue weighted by molar-refractivity contribution is 5.77. The van der Waals surface area contributed by atoms with Crippen molar-refractivity contribution in [2.45, 2.75) is 39.7 Å². The number of piperidine rings is 1. The maximum atomic E-state index is 12.2. The van der Waals surface area contributed by atoms with Crippen molar-refractivity contribution < 1.29 is 19.4 Å². The van der Waals surface area contributed by atoms with E-state index in [2.05, 4.69) is 5.32 Å². The third-order valence-electron chi connectivity index (χ3n) is 4.13. The predicted octanol–water partition coefficient (Wildman–Crippen LogP) is 1.55. The Balaban J connectivity index is 2.52. The van der Waals surface area contributed by atoms with Crippen LogP contribution in [0.2, 0.25) is 0 Å². The van der Waals surface area contributed by atoms with Crippen molar-refractivity contribution in [3.63, 3.8) is 0 Å². The van der Waals surface area contributed by atoms with Crippen LogP contribution in [0.15, 0.2) is 0 Å². The highest BCUT2D eigenvalue weighted by atomic mass is 16.5. The summed E-state index contributed by atoms with van der Waals surface area (Å²) >= 11 is 0.